The minimum atomic E-state index is -0.0818. The molecule has 0 heterocycles. The van der Waals surface area contributed by atoms with Crippen molar-refractivity contribution in [3.8, 4) is 0 Å². The lowest BCUT2D eigenvalue weighted by Gasteiger charge is -2.11. The maximum absolute atomic E-state index is 10.8. The predicted molar refractivity (Wildman–Crippen MR) is 59.2 cm³/mol. The van der Waals surface area contributed by atoms with E-state index in [0.29, 0.717) is 5.92 Å². The van der Waals surface area contributed by atoms with E-state index < -0.39 is 0 Å². The van der Waals surface area contributed by atoms with E-state index >= 15 is 0 Å². The smallest absolute Gasteiger partial charge is 0.221 e. The Balaban J connectivity index is 2.94. The molecule has 1 aromatic carbocycles. The van der Waals surface area contributed by atoms with Crippen LogP contribution in [0.5, 0.6) is 0 Å². The van der Waals surface area contributed by atoms with E-state index in [2.05, 4.69) is 19.2 Å². The molecule has 0 aliphatic heterocycles. The van der Waals surface area contributed by atoms with E-state index in [1.165, 1.54) is 6.92 Å². The molecule has 1 aromatic rings. The van der Waals surface area contributed by atoms with Gasteiger partial charge in [0.25, 0.3) is 0 Å². The van der Waals surface area contributed by atoms with Crippen molar-refractivity contribution in [1.29, 1.82) is 0 Å². The summed E-state index contributed by atoms with van der Waals surface area (Å²) in [6.45, 7) is 5.65. The van der Waals surface area contributed by atoms with Crippen LogP contribution >= 0.6 is 0 Å². The van der Waals surface area contributed by atoms with Crippen molar-refractivity contribution in [2.24, 2.45) is 0 Å². The Morgan fingerprint density at radius 1 is 1.43 bits per heavy atom. The van der Waals surface area contributed by atoms with Crippen LogP contribution in [0.4, 0.5) is 11.4 Å². The van der Waals surface area contributed by atoms with Gasteiger partial charge in [-0.3, -0.25) is 4.79 Å². The second-order valence-electron chi connectivity index (χ2n) is 3.68. The monoisotopic (exact) mass is 192 g/mol. The summed E-state index contributed by atoms with van der Waals surface area (Å²) >= 11 is 0. The van der Waals surface area contributed by atoms with Gasteiger partial charge in [-0.15, -0.1) is 0 Å². The standard InChI is InChI=1S/C11H16N2O/c1-7(2)10-5-4-9(6-11(10)12)13-8(3)14/h4-7H,12H2,1-3H3,(H,13,14). The molecule has 0 spiro atoms. The lowest BCUT2D eigenvalue weighted by atomic mass is 10.0. The van der Waals surface area contributed by atoms with Gasteiger partial charge in [0.15, 0.2) is 0 Å². The summed E-state index contributed by atoms with van der Waals surface area (Å²) in [6.07, 6.45) is 0. The van der Waals surface area contributed by atoms with Crippen LogP contribution in [-0.4, -0.2) is 5.91 Å². The van der Waals surface area contributed by atoms with Crippen LogP contribution in [0.1, 0.15) is 32.3 Å². The highest BCUT2D eigenvalue weighted by Gasteiger charge is 2.04. The van der Waals surface area contributed by atoms with Gasteiger partial charge in [0.2, 0.25) is 5.91 Å². The summed E-state index contributed by atoms with van der Waals surface area (Å²) in [5.74, 6) is 0.322. The van der Waals surface area contributed by atoms with Crippen molar-refractivity contribution in [2.75, 3.05) is 11.1 Å². The number of nitrogens with one attached hydrogen (secondary N) is 1. The second kappa shape index (κ2) is 4.13. The third-order valence-corrected chi connectivity index (χ3v) is 2.03. The first-order chi connectivity index (χ1) is 6.50. The quantitative estimate of drug-likeness (QED) is 0.707. The SMILES string of the molecule is CC(=O)Nc1ccc(C(C)C)c(N)c1. The van der Waals surface area contributed by atoms with E-state index in [1.807, 2.05) is 12.1 Å². The van der Waals surface area contributed by atoms with Gasteiger partial charge in [0.1, 0.15) is 0 Å². The highest BCUT2D eigenvalue weighted by atomic mass is 16.1. The molecular weight excluding hydrogens is 176 g/mol. The largest absolute Gasteiger partial charge is 0.398 e. The number of rotatable bonds is 2. The van der Waals surface area contributed by atoms with Gasteiger partial charge in [-0.05, 0) is 23.6 Å². The fourth-order valence-corrected chi connectivity index (χ4v) is 1.38. The van der Waals surface area contributed by atoms with E-state index in [4.69, 9.17) is 5.73 Å². The maximum atomic E-state index is 10.8. The average molecular weight is 192 g/mol. The minimum Gasteiger partial charge on any atom is -0.398 e. The van der Waals surface area contributed by atoms with Crippen LogP contribution in [-0.2, 0) is 4.79 Å². The third kappa shape index (κ3) is 2.49. The van der Waals surface area contributed by atoms with Gasteiger partial charge in [-0.1, -0.05) is 19.9 Å². The van der Waals surface area contributed by atoms with Crippen LogP contribution in [0.25, 0.3) is 0 Å². The van der Waals surface area contributed by atoms with Gasteiger partial charge in [-0.25, -0.2) is 0 Å². The number of amides is 1. The number of carbonyl (C=O) groups is 1. The van der Waals surface area contributed by atoms with E-state index in [-0.39, 0.29) is 5.91 Å². The summed E-state index contributed by atoms with van der Waals surface area (Å²) in [5, 5.41) is 2.69. The molecule has 76 valence electrons. The van der Waals surface area contributed by atoms with Crippen molar-refractivity contribution in [3.05, 3.63) is 23.8 Å². The molecule has 0 atom stereocenters. The van der Waals surface area contributed by atoms with Crippen molar-refractivity contribution >= 4 is 17.3 Å². The number of hydrogen-bond acceptors (Lipinski definition) is 2. The molecular formula is C11H16N2O. The van der Waals surface area contributed by atoms with Crippen molar-refractivity contribution in [3.63, 3.8) is 0 Å². The summed E-state index contributed by atoms with van der Waals surface area (Å²) in [4.78, 5) is 10.8. The Morgan fingerprint density at radius 2 is 2.07 bits per heavy atom. The fraction of sp³-hybridized carbons (Fsp3) is 0.364. The molecule has 0 fully saturated rings. The highest BCUT2D eigenvalue weighted by molar-refractivity contribution is 5.89. The normalized spacial score (nSPS) is 10.3. The number of nitrogens with two attached hydrogens (primary N) is 1. The number of hydrogen-bond donors (Lipinski definition) is 2. The molecule has 0 saturated heterocycles. The van der Waals surface area contributed by atoms with E-state index in [0.717, 1.165) is 16.9 Å². The Kier molecular flexibility index (Phi) is 3.12. The summed E-state index contributed by atoms with van der Waals surface area (Å²) < 4.78 is 0. The van der Waals surface area contributed by atoms with Crippen molar-refractivity contribution in [1.82, 2.24) is 0 Å². The average Bonchev–Trinajstić information content (AvgIpc) is 2.01. The molecule has 3 nitrogen and oxygen atoms in total. The first kappa shape index (κ1) is 10.6. The number of carbonyl (C=O) groups excluding carboxylic acids is 1. The first-order valence-electron chi connectivity index (χ1n) is 4.67. The van der Waals surface area contributed by atoms with Crippen LogP contribution in [0.15, 0.2) is 18.2 Å². The molecule has 0 aliphatic carbocycles. The van der Waals surface area contributed by atoms with Gasteiger partial charge in [0.05, 0.1) is 0 Å². The zero-order valence-electron chi connectivity index (χ0n) is 8.79. The third-order valence-electron chi connectivity index (χ3n) is 2.03. The predicted octanol–water partition coefficient (Wildman–Crippen LogP) is 2.35. The molecule has 3 N–H and O–H groups in total. The van der Waals surface area contributed by atoms with Gasteiger partial charge >= 0.3 is 0 Å². The zero-order chi connectivity index (χ0) is 10.7. The van der Waals surface area contributed by atoms with Crippen LogP contribution in [0, 0.1) is 0 Å². The van der Waals surface area contributed by atoms with Crippen molar-refractivity contribution < 1.29 is 4.79 Å². The summed E-state index contributed by atoms with van der Waals surface area (Å²) in [7, 11) is 0. The molecule has 14 heavy (non-hydrogen) atoms. The van der Waals surface area contributed by atoms with Crippen LogP contribution < -0.4 is 11.1 Å². The number of anilines is 2. The maximum Gasteiger partial charge on any atom is 0.221 e. The zero-order valence-corrected chi connectivity index (χ0v) is 8.79. The lowest BCUT2D eigenvalue weighted by Crippen LogP contribution is -2.06. The van der Waals surface area contributed by atoms with Gasteiger partial charge < -0.3 is 11.1 Å². The Bertz CT molecular complexity index is 345. The van der Waals surface area contributed by atoms with E-state index in [9.17, 15) is 4.79 Å². The van der Waals surface area contributed by atoms with Crippen LogP contribution in [0.2, 0.25) is 0 Å². The molecule has 0 unspecified atom stereocenters. The highest BCUT2D eigenvalue weighted by Crippen LogP contribution is 2.24. The molecule has 0 bridgehead atoms. The molecule has 0 radical (unpaired) electrons. The van der Waals surface area contributed by atoms with Crippen LogP contribution in [0.3, 0.4) is 0 Å². The molecule has 1 rings (SSSR count). The Morgan fingerprint density at radius 3 is 2.50 bits per heavy atom. The molecule has 0 aliphatic rings. The summed E-state index contributed by atoms with van der Waals surface area (Å²) in [6, 6.07) is 5.61. The number of nitrogen functional groups attached to an aromatic ring is 1. The van der Waals surface area contributed by atoms with Gasteiger partial charge in [-0.2, -0.15) is 0 Å². The van der Waals surface area contributed by atoms with Gasteiger partial charge in [0, 0.05) is 18.3 Å². The topological polar surface area (TPSA) is 55.1 Å². The Hall–Kier alpha value is -1.51. The van der Waals surface area contributed by atoms with E-state index in [1.54, 1.807) is 6.07 Å². The number of benzene rings is 1. The molecule has 3 heteroatoms. The molecule has 0 aromatic heterocycles. The summed E-state index contributed by atoms with van der Waals surface area (Å²) in [5.41, 5.74) is 8.43. The lowest BCUT2D eigenvalue weighted by molar-refractivity contribution is -0.114. The second-order valence-corrected chi connectivity index (χ2v) is 3.68. The molecule has 0 saturated carbocycles. The first-order valence-corrected chi connectivity index (χ1v) is 4.67. The van der Waals surface area contributed by atoms with Crippen molar-refractivity contribution in [2.45, 2.75) is 26.7 Å². The molecule has 1 amide bonds. The Labute approximate surface area is 84.3 Å². The fourth-order valence-electron chi connectivity index (χ4n) is 1.38. The minimum absolute atomic E-state index is 0.0818.